The monoisotopic (exact) mass is 257 g/mol. The van der Waals surface area contributed by atoms with Crippen molar-refractivity contribution < 1.29 is 4.42 Å². The molecule has 3 rings (SSSR count). The van der Waals surface area contributed by atoms with Crippen molar-refractivity contribution in [2.75, 3.05) is 11.9 Å². The predicted molar refractivity (Wildman–Crippen MR) is 74.9 cm³/mol. The van der Waals surface area contributed by atoms with Crippen LogP contribution in [0, 0.1) is 12.8 Å². The summed E-state index contributed by atoms with van der Waals surface area (Å²) in [5.41, 5.74) is 3.39. The molecule has 0 aliphatic heterocycles. The molecule has 0 saturated heterocycles. The largest absolute Gasteiger partial charge is 0.423 e. The highest BCUT2D eigenvalue weighted by atomic mass is 16.4. The van der Waals surface area contributed by atoms with Gasteiger partial charge < -0.3 is 9.73 Å². The molecule has 1 aliphatic rings. The summed E-state index contributed by atoms with van der Waals surface area (Å²) in [7, 11) is 0. The van der Waals surface area contributed by atoms with Crippen LogP contribution in [-0.2, 0) is 0 Å². The summed E-state index contributed by atoms with van der Waals surface area (Å²) in [6.45, 7) is 3.18. The van der Waals surface area contributed by atoms with Gasteiger partial charge in [-0.05, 0) is 43.4 Å². The van der Waals surface area contributed by atoms with Crippen LogP contribution in [-0.4, -0.2) is 16.7 Å². The molecule has 1 aromatic carbocycles. The van der Waals surface area contributed by atoms with Crippen molar-refractivity contribution in [2.24, 2.45) is 5.92 Å². The van der Waals surface area contributed by atoms with Gasteiger partial charge in [-0.25, -0.2) is 0 Å². The van der Waals surface area contributed by atoms with Crippen LogP contribution < -0.4 is 5.32 Å². The van der Waals surface area contributed by atoms with Crippen molar-refractivity contribution in [2.45, 2.75) is 32.6 Å². The van der Waals surface area contributed by atoms with Crippen molar-refractivity contribution in [3.8, 4) is 11.5 Å². The minimum atomic E-state index is 0.573. The Morgan fingerprint density at radius 2 is 2.16 bits per heavy atom. The molecule has 1 aromatic heterocycles. The summed E-state index contributed by atoms with van der Waals surface area (Å²) in [6, 6.07) is 6.21. The van der Waals surface area contributed by atoms with Crippen LogP contribution in [0.25, 0.3) is 11.5 Å². The molecule has 0 amide bonds. The third-order valence-electron chi connectivity index (χ3n) is 3.90. The highest BCUT2D eigenvalue weighted by Gasteiger charge is 2.15. The topological polar surface area (TPSA) is 51.0 Å². The average molecular weight is 257 g/mol. The molecule has 4 nitrogen and oxygen atoms in total. The third kappa shape index (κ3) is 2.78. The van der Waals surface area contributed by atoms with Gasteiger partial charge in [0.05, 0.1) is 0 Å². The number of nitrogens with one attached hydrogen (secondary N) is 1. The second kappa shape index (κ2) is 5.43. The number of aryl methyl sites for hydroxylation is 1. The number of aromatic nitrogens is 2. The lowest BCUT2D eigenvalue weighted by Gasteiger charge is -2.14. The Morgan fingerprint density at radius 1 is 1.32 bits per heavy atom. The molecule has 19 heavy (non-hydrogen) atoms. The summed E-state index contributed by atoms with van der Waals surface area (Å²) < 4.78 is 5.24. The summed E-state index contributed by atoms with van der Waals surface area (Å²) in [6.07, 6.45) is 6.84. The summed E-state index contributed by atoms with van der Waals surface area (Å²) in [5.74, 6) is 1.40. The number of anilines is 1. The minimum absolute atomic E-state index is 0.573. The average Bonchev–Trinajstić information content (AvgIpc) is 3.11. The predicted octanol–water partition coefficient (Wildman–Crippen LogP) is 3.65. The molecule has 0 atom stereocenters. The molecule has 1 fully saturated rings. The highest BCUT2D eigenvalue weighted by molar-refractivity contribution is 5.64. The molecule has 1 aliphatic carbocycles. The molecule has 4 heteroatoms. The van der Waals surface area contributed by atoms with E-state index in [-0.39, 0.29) is 0 Å². The second-order valence-corrected chi connectivity index (χ2v) is 5.30. The second-order valence-electron chi connectivity index (χ2n) is 5.30. The van der Waals surface area contributed by atoms with Crippen molar-refractivity contribution >= 4 is 5.69 Å². The van der Waals surface area contributed by atoms with Crippen LogP contribution in [0.3, 0.4) is 0 Å². The quantitative estimate of drug-likeness (QED) is 0.908. The van der Waals surface area contributed by atoms with Crippen molar-refractivity contribution in [3.05, 3.63) is 30.2 Å². The van der Waals surface area contributed by atoms with Gasteiger partial charge in [0, 0.05) is 17.8 Å². The van der Waals surface area contributed by atoms with E-state index in [1.54, 1.807) is 0 Å². The fourth-order valence-corrected chi connectivity index (χ4v) is 2.71. The molecule has 2 aromatic rings. The van der Waals surface area contributed by atoms with Crippen LogP contribution >= 0.6 is 0 Å². The van der Waals surface area contributed by atoms with Gasteiger partial charge in [-0.1, -0.05) is 18.9 Å². The molecule has 0 bridgehead atoms. The first-order chi connectivity index (χ1) is 9.33. The first-order valence-corrected chi connectivity index (χ1v) is 6.94. The van der Waals surface area contributed by atoms with E-state index in [1.807, 2.05) is 6.07 Å². The van der Waals surface area contributed by atoms with Crippen LogP contribution in [0.2, 0.25) is 0 Å². The number of benzene rings is 1. The maximum Gasteiger partial charge on any atom is 0.247 e. The van der Waals surface area contributed by atoms with Crippen molar-refractivity contribution in [3.63, 3.8) is 0 Å². The molecule has 0 unspecified atom stereocenters. The van der Waals surface area contributed by atoms with Crippen LogP contribution in [0.4, 0.5) is 5.69 Å². The minimum Gasteiger partial charge on any atom is -0.423 e. The molecular formula is C15H19N3O. The summed E-state index contributed by atoms with van der Waals surface area (Å²) >= 11 is 0. The first-order valence-electron chi connectivity index (χ1n) is 6.94. The van der Waals surface area contributed by atoms with Gasteiger partial charge in [-0.2, -0.15) is 0 Å². The highest BCUT2D eigenvalue weighted by Crippen LogP contribution is 2.27. The maximum absolute atomic E-state index is 5.24. The normalized spacial score (nSPS) is 15.8. The van der Waals surface area contributed by atoms with Crippen LogP contribution in [0.1, 0.15) is 31.2 Å². The van der Waals surface area contributed by atoms with E-state index < -0.39 is 0 Å². The van der Waals surface area contributed by atoms with Gasteiger partial charge in [0.2, 0.25) is 12.3 Å². The van der Waals surface area contributed by atoms with E-state index in [0.717, 1.165) is 18.0 Å². The molecule has 100 valence electrons. The van der Waals surface area contributed by atoms with E-state index in [1.165, 1.54) is 43.3 Å². The zero-order chi connectivity index (χ0) is 13.1. The van der Waals surface area contributed by atoms with Crippen LogP contribution in [0.15, 0.2) is 29.0 Å². The Kier molecular flexibility index (Phi) is 3.49. The number of hydrogen-bond acceptors (Lipinski definition) is 4. The number of rotatable bonds is 4. The molecule has 0 spiro atoms. The maximum atomic E-state index is 5.24. The van der Waals surface area contributed by atoms with E-state index >= 15 is 0 Å². The fraction of sp³-hybridized carbons (Fsp3) is 0.467. The van der Waals surface area contributed by atoms with Crippen molar-refractivity contribution in [1.82, 2.24) is 10.2 Å². The van der Waals surface area contributed by atoms with Gasteiger partial charge in [-0.15, -0.1) is 10.2 Å². The van der Waals surface area contributed by atoms with E-state index in [2.05, 4.69) is 34.6 Å². The lowest BCUT2D eigenvalue weighted by Crippen LogP contribution is -2.11. The first kappa shape index (κ1) is 12.2. The van der Waals surface area contributed by atoms with E-state index in [4.69, 9.17) is 4.42 Å². The molecule has 1 N–H and O–H groups in total. The molecule has 0 radical (unpaired) electrons. The lowest BCUT2D eigenvalue weighted by atomic mass is 10.1. The zero-order valence-electron chi connectivity index (χ0n) is 11.2. The Balaban J connectivity index is 1.74. The SMILES string of the molecule is Cc1ccc(-c2nnco2)cc1NCC1CCCC1. The summed E-state index contributed by atoms with van der Waals surface area (Å²) in [4.78, 5) is 0. The number of nitrogens with zero attached hydrogens (tertiary/aromatic N) is 2. The number of hydrogen-bond donors (Lipinski definition) is 1. The smallest absolute Gasteiger partial charge is 0.247 e. The van der Waals surface area contributed by atoms with Gasteiger partial charge in [-0.3, -0.25) is 0 Å². The van der Waals surface area contributed by atoms with Gasteiger partial charge in [0.15, 0.2) is 0 Å². The van der Waals surface area contributed by atoms with Gasteiger partial charge >= 0.3 is 0 Å². The standard InChI is InChI=1S/C15H19N3O/c1-11-6-7-13(15-18-17-10-19-15)8-14(11)16-9-12-4-2-3-5-12/h6-8,10,12,16H,2-5,9H2,1H3. The van der Waals surface area contributed by atoms with E-state index in [9.17, 15) is 0 Å². The summed E-state index contributed by atoms with van der Waals surface area (Å²) in [5, 5.41) is 11.2. The Hall–Kier alpha value is -1.84. The third-order valence-corrected chi connectivity index (χ3v) is 3.90. The Labute approximate surface area is 113 Å². The Morgan fingerprint density at radius 3 is 2.89 bits per heavy atom. The lowest BCUT2D eigenvalue weighted by molar-refractivity contribution is 0.568. The Bertz CT molecular complexity index is 530. The van der Waals surface area contributed by atoms with E-state index in [0.29, 0.717) is 5.89 Å². The molecule has 1 heterocycles. The van der Waals surface area contributed by atoms with Crippen LogP contribution in [0.5, 0.6) is 0 Å². The van der Waals surface area contributed by atoms with Gasteiger partial charge in [0.1, 0.15) is 0 Å². The fourth-order valence-electron chi connectivity index (χ4n) is 2.71. The zero-order valence-corrected chi connectivity index (χ0v) is 11.2. The van der Waals surface area contributed by atoms with Crippen molar-refractivity contribution in [1.29, 1.82) is 0 Å². The van der Waals surface area contributed by atoms with Gasteiger partial charge in [0.25, 0.3) is 0 Å². The molecule has 1 saturated carbocycles. The molecular weight excluding hydrogens is 238 g/mol.